The zero-order valence-electron chi connectivity index (χ0n) is 10.3. The van der Waals surface area contributed by atoms with Crippen molar-refractivity contribution in [2.75, 3.05) is 0 Å². The predicted octanol–water partition coefficient (Wildman–Crippen LogP) is -4.25. The minimum atomic E-state index is 0. The maximum Gasteiger partial charge on any atom is 0.168 e. The molecule has 2 nitrogen and oxygen atoms in total. The van der Waals surface area contributed by atoms with Crippen molar-refractivity contribution in [1.82, 2.24) is 0 Å². The van der Waals surface area contributed by atoms with Crippen molar-refractivity contribution >= 4 is 0 Å². The van der Waals surface area contributed by atoms with Crippen LogP contribution in [0.5, 0.6) is 0 Å². The summed E-state index contributed by atoms with van der Waals surface area (Å²) in [6, 6.07) is 12.4. The number of nitrogens with zero attached hydrogens (tertiary/aromatic N) is 2. The first-order valence-electron chi connectivity index (χ1n) is 5.83. The molecule has 0 amide bonds. The molecule has 2 heterocycles. The van der Waals surface area contributed by atoms with Crippen LogP contribution in [-0.2, 0) is 13.1 Å². The fourth-order valence-corrected chi connectivity index (χ4v) is 1.76. The number of hydrogen-bond donors (Lipinski definition) is 0. The second kappa shape index (κ2) is 10.7. The zero-order chi connectivity index (χ0) is 11.1. The van der Waals surface area contributed by atoms with E-state index in [0.717, 1.165) is 13.1 Å². The average molecular weight is 468 g/mol. The minimum absolute atomic E-state index is 0. The first-order valence-corrected chi connectivity index (χ1v) is 5.83. The van der Waals surface area contributed by atoms with E-state index in [1.807, 2.05) is 0 Å². The Hall–Kier alpha value is -0.240. The number of pyridine rings is 2. The largest absolute Gasteiger partial charge is 1.00 e. The van der Waals surface area contributed by atoms with Gasteiger partial charge in [-0.25, -0.2) is 9.13 Å². The van der Waals surface area contributed by atoms with Gasteiger partial charge in [0.25, 0.3) is 0 Å². The molecule has 2 aromatic rings. The van der Waals surface area contributed by atoms with E-state index in [1.165, 1.54) is 12.8 Å². The summed E-state index contributed by atoms with van der Waals surface area (Å²) in [6.07, 6.45) is 10.9. The Morgan fingerprint density at radius 2 is 0.833 bits per heavy atom. The van der Waals surface area contributed by atoms with Crippen molar-refractivity contribution in [2.24, 2.45) is 0 Å². The lowest BCUT2D eigenvalue weighted by atomic mass is 10.3. The minimum Gasteiger partial charge on any atom is -1.00 e. The van der Waals surface area contributed by atoms with E-state index in [2.05, 4.69) is 70.3 Å². The molecule has 0 aliphatic carbocycles. The van der Waals surface area contributed by atoms with Crippen LogP contribution in [0.15, 0.2) is 61.2 Å². The lowest BCUT2D eigenvalue weighted by Crippen LogP contribution is -3.00. The van der Waals surface area contributed by atoms with Gasteiger partial charge in [-0.1, -0.05) is 12.1 Å². The second-order valence-electron chi connectivity index (χ2n) is 3.93. The van der Waals surface area contributed by atoms with Crippen LogP contribution in [0.2, 0.25) is 0 Å². The predicted molar refractivity (Wildman–Crippen MR) is 62.5 cm³/mol. The van der Waals surface area contributed by atoms with Crippen molar-refractivity contribution in [3.63, 3.8) is 0 Å². The van der Waals surface area contributed by atoms with E-state index in [0.29, 0.717) is 0 Å². The Bertz CT molecular complexity index is 365. The van der Waals surface area contributed by atoms with E-state index in [9.17, 15) is 0 Å². The van der Waals surface area contributed by atoms with Crippen LogP contribution in [0.4, 0.5) is 0 Å². The lowest BCUT2D eigenvalue weighted by molar-refractivity contribution is -0.708. The maximum absolute atomic E-state index is 2.23. The Kier molecular flexibility index (Phi) is 10.5. The molecule has 0 atom stereocenters. The molecule has 0 N–H and O–H groups in total. The molecule has 0 bridgehead atoms. The normalized spacial score (nSPS) is 9.11. The molecule has 0 unspecified atom stereocenters. The van der Waals surface area contributed by atoms with Gasteiger partial charge in [-0.2, -0.15) is 0 Å². The summed E-state index contributed by atoms with van der Waals surface area (Å²) in [5.41, 5.74) is 0. The smallest absolute Gasteiger partial charge is 0.168 e. The van der Waals surface area contributed by atoms with Gasteiger partial charge in [-0.05, 0) is 0 Å². The van der Waals surface area contributed by atoms with Gasteiger partial charge in [-0.15, -0.1) is 0 Å². The molecule has 0 aliphatic rings. The van der Waals surface area contributed by atoms with E-state index in [-0.39, 0.29) is 48.0 Å². The summed E-state index contributed by atoms with van der Waals surface area (Å²) in [6.45, 7) is 2.21. The van der Waals surface area contributed by atoms with Gasteiger partial charge in [0, 0.05) is 37.1 Å². The van der Waals surface area contributed by atoms with Gasteiger partial charge in [-0.3, -0.25) is 0 Å². The molecule has 0 saturated heterocycles. The SMILES string of the molecule is [I-].[I-].c1cc[n+](CCCC[n+]2ccccc2)cc1. The molecular formula is C14H18I2N2. The molecule has 2 rings (SSSR count). The third-order valence-corrected chi connectivity index (χ3v) is 2.64. The topological polar surface area (TPSA) is 7.76 Å². The molecular weight excluding hydrogens is 450 g/mol. The van der Waals surface area contributed by atoms with Crippen molar-refractivity contribution in [1.29, 1.82) is 0 Å². The highest BCUT2D eigenvalue weighted by Gasteiger charge is 2.01. The van der Waals surface area contributed by atoms with E-state index < -0.39 is 0 Å². The van der Waals surface area contributed by atoms with Crippen LogP contribution in [0.3, 0.4) is 0 Å². The molecule has 0 aliphatic heterocycles. The summed E-state index contributed by atoms with van der Waals surface area (Å²) in [7, 11) is 0. The average Bonchev–Trinajstić information content (AvgIpc) is 2.37. The highest BCUT2D eigenvalue weighted by molar-refractivity contribution is 4.84. The molecule has 0 saturated carbocycles. The molecule has 2 aromatic heterocycles. The van der Waals surface area contributed by atoms with E-state index >= 15 is 0 Å². The summed E-state index contributed by atoms with van der Waals surface area (Å²) in [5, 5.41) is 0. The molecule has 0 spiro atoms. The molecule has 0 aromatic carbocycles. The van der Waals surface area contributed by atoms with Gasteiger partial charge in [0.05, 0.1) is 0 Å². The van der Waals surface area contributed by atoms with Crippen LogP contribution < -0.4 is 57.1 Å². The third-order valence-electron chi connectivity index (χ3n) is 2.64. The second-order valence-corrected chi connectivity index (χ2v) is 3.93. The molecule has 0 radical (unpaired) electrons. The highest BCUT2D eigenvalue weighted by Crippen LogP contribution is 1.89. The standard InChI is InChI=1S/C14H18N2.2HI/c1-3-9-15(10-4-1)13-7-8-14-16-11-5-2-6-12-16;;/h1-6,9-12H,7-8,13-14H2;2*1H/q+2;;/p-2. The van der Waals surface area contributed by atoms with Crippen molar-refractivity contribution < 1.29 is 57.1 Å². The first kappa shape index (κ1) is 17.8. The van der Waals surface area contributed by atoms with Crippen LogP contribution in [0.25, 0.3) is 0 Å². The Morgan fingerprint density at radius 3 is 1.17 bits per heavy atom. The number of unbranched alkanes of at least 4 members (excludes halogenated alkanes) is 1. The van der Waals surface area contributed by atoms with Crippen molar-refractivity contribution in [3.8, 4) is 0 Å². The first-order chi connectivity index (χ1) is 7.95. The summed E-state index contributed by atoms with van der Waals surface area (Å²) in [5.74, 6) is 0. The Balaban J connectivity index is 0.00000144. The number of rotatable bonds is 5. The van der Waals surface area contributed by atoms with Crippen LogP contribution in [0, 0.1) is 0 Å². The fourth-order valence-electron chi connectivity index (χ4n) is 1.76. The fraction of sp³-hybridized carbons (Fsp3) is 0.286. The third kappa shape index (κ3) is 6.63. The summed E-state index contributed by atoms with van der Waals surface area (Å²) in [4.78, 5) is 0. The van der Waals surface area contributed by atoms with Crippen molar-refractivity contribution in [2.45, 2.75) is 25.9 Å². The van der Waals surface area contributed by atoms with Crippen LogP contribution in [-0.4, -0.2) is 0 Å². The number of hydrogen-bond acceptors (Lipinski definition) is 0. The van der Waals surface area contributed by atoms with Gasteiger partial charge < -0.3 is 48.0 Å². The monoisotopic (exact) mass is 468 g/mol. The number of aromatic nitrogens is 2. The summed E-state index contributed by atoms with van der Waals surface area (Å²) < 4.78 is 4.46. The van der Waals surface area contributed by atoms with E-state index in [1.54, 1.807) is 0 Å². The molecule has 0 fully saturated rings. The van der Waals surface area contributed by atoms with Gasteiger partial charge in [0.15, 0.2) is 24.8 Å². The maximum atomic E-state index is 2.23. The Morgan fingerprint density at radius 1 is 0.500 bits per heavy atom. The van der Waals surface area contributed by atoms with Gasteiger partial charge in [0.2, 0.25) is 0 Å². The lowest BCUT2D eigenvalue weighted by Gasteiger charge is -1.96. The number of halogens is 2. The molecule has 4 heteroatoms. The summed E-state index contributed by atoms with van der Waals surface area (Å²) >= 11 is 0. The van der Waals surface area contributed by atoms with E-state index in [4.69, 9.17) is 0 Å². The highest BCUT2D eigenvalue weighted by atomic mass is 127. The Labute approximate surface area is 143 Å². The zero-order valence-corrected chi connectivity index (χ0v) is 14.6. The van der Waals surface area contributed by atoms with Crippen LogP contribution >= 0.6 is 0 Å². The number of aryl methyl sites for hydroxylation is 2. The molecule has 98 valence electrons. The quantitative estimate of drug-likeness (QED) is 0.239. The van der Waals surface area contributed by atoms with Crippen LogP contribution in [0.1, 0.15) is 12.8 Å². The van der Waals surface area contributed by atoms with Gasteiger partial charge in [0.1, 0.15) is 13.1 Å². The molecule has 18 heavy (non-hydrogen) atoms. The van der Waals surface area contributed by atoms with Crippen molar-refractivity contribution in [3.05, 3.63) is 61.2 Å². The van der Waals surface area contributed by atoms with Gasteiger partial charge >= 0.3 is 0 Å².